The zero-order valence-corrected chi connectivity index (χ0v) is 11.1. The second-order valence-corrected chi connectivity index (χ2v) is 3.96. The van der Waals surface area contributed by atoms with E-state index in [1.807, 2.05) is 6.07 Å². The van der Waals surface area contributed by atoms with E-state index in [1.165, 1.54) is 18.3 Å². The number of aromatic amines is 1. The van der Waals surface area contributed by atoms with Crippen LogP contribution in [0.4, 0.5) is 18.9 Å². The number of H-pyrrole nitrogens is 1. The van der Waals surface area contributed by atoms with Gasteiger partial charge in [0.25, 0.3) is 0 Å². The maximum Gasteiger partial charge on any atom is 0.420 e. The first-order valence-corrected chi connectivity index (χ1v) is 5.81. The van der Waals surface area contributed by atoms with Gasteiger partial charge in [0, 0.05) is 11.9 Å². The number of methoxy groups -OCH3 is 1. The van der Waals surface area contributed by atoms with Gasteiger partial charge >= 0.3 is 6.18 Å². The number of anilines is 1. The Kier molecular flexibility index (Phi) is 4.26. The van der Waals surface area contributed by atoms with E-state index in [0.717, 1.165) is 13.2 Å². The van der Waals surface area contributed by atoms with Gasteiger partial charge < -0.3 is 10.1 Å². The van der Waals surface area contributed by atoms with Crippen LogP contribution in [0, 0.1) is 11.3 Å². The average molecular weight is 310 g/mol. The minimum absolute atomic E-state index is 0.0122. The van der Waals surface area contributed by atoms with E-state index >= 15 is 0 Å². The number of aromatic nitrogens is 4. The highest BCUT2D eigenvalue weighted by molar-refractivity contribution is 5.74. The number of ether oxygens (including phenoxy) is 1. The van der Waals surface area contributed by atoms with E-state index in [1.54, 1.807) is 0 Å². The van der Waals surface area contributed by atoms with Crippen molar-refractivity contribution in [2.24, 2.45) is 0 Å². The molecule has 114 valence electrons. The first-order valence-electron chi connectivity index (χ1n) is 5.81. The predicted octanol–water partition coefficient (Wildman–Crippen LogP) is 2.20. The van der Waals surface area contributed by atoms with Gasteiger partial charge in [-0.3, -0.25) is 0 Å². The Bertz CT molecular complexity index is 717. The monoisotopic (exact) mass is 310 g/mol. The summed E-state index contributed by atoms with van der Waals surface area (Å²) in [6.07, 6.45) is -3.37. The van der Waals surface area contributed by atoms with Crippen molar-refractivity contribution in [1.82, 2.24) is 20.6 Å². The minimum atomic E-state index is -4.56. The largest absolute Gasteiger partial charge is 0.496 e. The average Bonchev–Trinajstić information content (AvgIpc) is 3.01. The van der Waals surface area contributed by atoms with Gasteiger partial charge in [-0.15, -0.1) is 10.2 Å². The van der Waals surface area contributed by atoms with Crippen LogP contribution >= 0.6 is 0 Å². The molecular weight excluding hydrogens is 301 g/mol. The van der Waals surface area contributed by atoms with Crippen molar-refractivity contribution in [1.29, 1.82) is 5.26 Å². The third kappa shape index (κ3) is 3.32. The van der Waals surface area contributed by atoms with Gasteiger partial charge in [0.1, 0.15) is 17.4 Å². The lowest BCUT2D eigenvalue weighted by atomic mass is 10.1. The van der Waals surface area contributed by atoms with Gasteiger partial charge in [-0.1, -0.05) is 0 Å². The number of allylic oxidation sites excluding steroid dienone is 1. The molecule has 0 amide bonds. The van der Waals surface area contributed by atoms with Crippen molar-refractivity contribution in [3.05, 3.63) is 35.8 Å². The van der Waals surface area contributed by atoms with E-state index in [-0.39, 0.29) is 22.8 Å². The number of nitrogens with one attached hydrogen (secondary N) is 2. The Hall–Kier alpha value is -3.09. The van der Waals surface area contributed by atoms with Gasteiger partial charge in [0.15, 0.2) is 0 Å². The first kappa shape index (κ1) is 15.3. The molecule has 0 saturated heterocycles. The SMILES string of the molecule is COc1ccc(NC=C(C#N)c2nn[nH]n2)cc1C(F)(F)F. The number of rotatable bonds is 4. The Morgan fingerprint density at radius 2 is 2.23 bits per heavy atom. The molecule has 2 aromatic rings. The molecule has 0 aliphatic rings. The van der Waals surface area contributed by atoms with Gasteiger partial charge in [-0.25, -0.2) is 0 Å². The van der Waals surface area contributed by atoms with Crippen LogP contribution in [0.5, 0.6) is 5.75 Å². The highest BCUT2D eigenvalue weighted by Gasteiger charge is 2.34. The number of hydrogen-bond donors (Lipinski definition) is 2. The minimum Gasteiger partial charge on any atom is -0.496 e. The molecule has 0 saturated carbocycles. The predicted molar refractivity (Wildman–Crippen MR) is 69.4 cm³/mol. The zero-order chi connectivity index (χ0) is 16.2. The second kappa shape index (κ2) is 6.13. The molecular formula is C12H9F3N6O. The van der Waals surface area contributed by atoms with E-state index < -0.39 is 11.7 Å². The molecule has 1 aromatic heterocycles. The molecule has 0 bridgehead atoms. The Balaban J connectivity index is 2.29. The van der Waals surface area contributed by atoms with Crippen molar-refractivity contribution in [3.63, 3.8) is 0 Å². The molecule has 0 unspecified atom stereocenters. The maximum absolute atomic E-state index is 12.9. The summed E-state index contributed by atoms with van der Waals surface area (Å²) in [5.41, 5.74) is -0.783. The van der Waals surface area contributed by atoms with E-state index in [4.69, 9.17) is 5.26 Å². The molecule has 0 aliphatic carbocycles. The number of hydrogen-bond acceptors (Lipinski definition) is 6. The van der Waals surface area contributed by atoms with E-state index in [9.17, 15) is 13.2 Å². The van der Waals surface area contributed by atoms with Gasteiger partial charge in [0.05, 0.1) is 12.7 Å². The van der Waals surface area contributed by atoms with Crippen LogP contribution in [-0.2, 0) is 6.18 Å². The molecule has 0 fully saturated rings. The van der Waals surface area contributed by atoms with Crippen LogP contribution in [0.2, 0.25) is 0 Å². The summed E-state index contributed by atoms with van der Waals surface area (Å²) in [4.78, 5) is 0. The van der Waals surface area contributed by atoms with Crippen LogP contribution < -0.4 is 10.1 Å². The lowest BCUT2D eigenvalue weighted by Gasteiger charge is -2.13. The van der Waals surface area contributed by atoms with E-state index in [2.05, 4.69) is 30.7 Å². The molecule has 0 aliphatic heterocycles. The summed E-state index contributed by atoms with van der Waals surface area (Å²) in [5.74, 6) is -0.264. The van der Waals surface area contributed by atoms with Crippen LogP contribution in [0.1, 0.15) is 11.4 Å². The third-order valence-electron chi connectivity index (χ3n) is 2.59. The number of tetrazole rings is 1. The summed E-state index contributed by atoms with van der Waals surface area (Å²) in [7, 11) is 1.15. The molecule has 7 nitrogen and oxygen atoms in total. The molecule has 0 spiro atoms. The normalized spacial score (nSPS) is 11.9. The number of nitriles is 1. The first-order chi connectivity index (χ1) is 10.5. The fraction of sp³-hybridized carbons (Fsp3) is 0.167. The molecule has 2 rings (SSSR count). The summed E-state index contributed by atoms with van der Waals surface area (Å²) < 4.78 is 43.4. The maximum atomic E-state index is 12.9. The highest BCUT2D eigenvalue weighted by Crippen LogP contribution is 2.37. The fourth-order valence-corrected chi connectivity index (χ4v) is 1.60. The lowest BCUT2D eigenvalue weighted by Crippen LogP contribution is -2.08. The van der Waals surface area contributed by atoms with Crippen LogP contribution in [-0.4, -0.2) is 27.7 Å². The Labute approximate surface area is 122 Å². The summed E-state index contributed by atoms with van der Waals surface area (Å²) >= 11 is 0. The van der Waals surface area contributed by atoms with Crippen LogP contribution in [0.15, 0.2) is 24.4 Å². The molecule has 1 heterocycles. The van der Waals surface area contributed by atoms with Crippen LogP contribution in [0.25, 0.3) is 5.57 Å². The van der Waals surface area contributed by atoms with Gasteiger partial charge in [0.2, 0.25) is 5.82 Å². The van der Waals surface area contributed by atoms with Crippen molar-refractivity contribution in [2.45, 2.75) is 6.18 Å². The molecule has 0 radical (unpaired) electrons. The third-order valence-corrected chi connectivity index (χ3v) is 2.59. The molecule has 1 aromatic carbocycles. The zero-order valence-electron chi connectivity index (χ0n) is 11.1. The molecule has 10 heteroatoms. The topological polar surface area (TPSA) is 99.5 Å². The Morgan fingerprint density at radius 3 is 2.77 bits per heavy atom. The van der Waals surface area contributed by atoms with E-state index in [0.29, 0.717) is 0 Å². The number of halogens is 3. The quantitative estimate of drug-likeness (QED) is 0.840. The Morgan fingerprint density at radius 1 is 1.45 bits per heavy atom. The smallest absolute Gasteiger partial charge is 0.420 e. The van der Waals surface area contributed by atoms with Crippen molar-refractivity contribution < 1.29 is 17.9 Å². The van der Waals surface area contributed by atoms with Crippen molar-refractivity contribution in [3.8, 4) is 11.8 Å². The van der Waals surface area contributed by atoms with Gasteiger partial charge in [-0.05, 0) is 23.4 Å². The second-order valence-electron chi connectivity index (χ2n) is 3.96. The summed E-state index contributed by atoms with van der Waals surface area (Å²) in [6.45, 7) is 0. The molecule has 2 N–H and O–H groups in total. The van der Waals surface area contributed by atoms with Crippen LogP contribution in [0.3, 0.4) is 0 Å². The standard InChI is InChI=1S/C12H9F3N6O/c1-22-10-3-2-8(4-9(10)12(13,14)15)17-6-7(5-16)11-18-20-21-19-11/h2-4,6,17H,1H3,(H,18,19,20,21). The lowest BCUT2D eigenvalue weighted by molar-refractivity contribution is -0.138. The number of alkyl halides is 3. The fourth-order valence-electron chi connectivity index (χ4n) is 1.60. The van der Waals surface area contributed by atoms with Gasteiger partial charge in [-0.2, -0.15) is 23.6 Å². The molecule has 22 heavy (non-hydrogen) atoms. The number of nitrogens with zero attached hydrogens (tertiary/aromatic N) is 4. The number of benzene rings is 1. The summed E-state index contributed by atoms with van der Waals surface area (Å²) in [5, 5.41) is 24.2. The highest BCUT2D eigenvalue weighted by atomic mass is 19.4. The van der Waals surface area contributed by atoms with Crippen molar-refractivity contribution >= 4 is 11.3 Å². The summed E-state index contributed by atoms with van der Waals surface area (Å²) in [6, 6.07) is 5.25. The van der Waals surface area contributed by atoms with Crippen molar-refractivity contribution in [2.75, 3.05) is 12.4 Å². The molecule has 0 atom stereocenters.